The normalized spacial score (nSPS) is 26.3. The van der Waals surface area contributed by atoms with Gasteiger partial charge in [0.2, 0.25) is 0 Å². The minimum absolute atomic E-state index is 0.244. The number of rotatable bonds is 6. The van der Waals surface area contributed by atoms with Gasteiger partial charge >= 0.3 is 0 Å². The molecule has 5 heterocycles. The third-order valence-corrected chi connectivity index (χ3v) is 5.37. The highest BCUT2D eigenvalue weighted by molar-refractivity contribution is 6.33. The molecule has 0 saturated carbocycles. The predicted octanol–water partition coefficient (Wildman–Crippen LogP) is 1.03. The lowest BCUT2D eigenvalue weighted by Gasteiger charge is -2.15. The predicted molar refractivity (Wildman–Crippen MR) is 102 cm³/mol. The standard InChI is InChI=1S/C18H20ClN5O5/c1-26-3-2-24-6-9(5-20-24)14-10(19)4-11-17(22-14)23-18(21-11)29-13-8-28-15-12(25)7-27-16(13)15/h4-6,12-13,15-16,25H,2-3,7-8H2,1H3,(H,21,22,23)/t12-,13-,15-,16-/m1/s1. The average Bonchev–Trinajstić information content (AvgIpc) is 3.46. The summed E-state index contributed by atoms with van der Waals surface area (Å²) in [6.07, 6.45) is 1.91. The first-order valence-electron chi connectivity index (χ1n) is 9.28. The van der Waals surface area contributed by atoms with Crippen LogP contribution in [0.2, 0.25) is 5.02 Å². The molecule has 3 aromatic heterocycles. The van der Waals surface area contributed by atoms with Crippen LogP contribution in [-0.2, 0) is 20.8 Å². The highest BCUT2D eigenvalue weighted by atomic mass is 35.5. The van der Waals surface area contributed by atoms with Gasteiger partial charge < -0.3 is 29.0 Å². The fraction of sp³-hybridized carbons (Fsp3) is 0.500. The number of ether oxygens (including phenoxy) is 4. The number of aromatic amines is 1. The molecule has 5 rings (SSSR count). The van der Waals surface area contributed by atoms with E-state index >= 15 is 0 Å². The molecular formula is C18H20ClN5O5. The van der Waals surface area contributed by atoms with Crippen molar-refractivity contribution in [2.45, 2.75) is 31.0 Å². The van der Waals surface area contributed by atoms with E-state index in [1.165, 1.54) is 0 Å². The van der Waals surface area contributed by atoms with Crippen LogP contribution in [0.25, 0.3) is 22.4 Å². The summed E-state index contributed by atoms with van der Waals surface area (Å²) in [6, 6.07) is 2.06. The molecule has 0 bridgehead atoms. The van der Waals surface area contributed by atoms with Gasteiger partial charge in [-0.3, -0.25) is 4.68 Å². The fourth-order valence-electron chi connectivity index (χ4n) is 3.64. The van der Waals surface area contributed by atoms with E-state index in [9.17, 15) is 5.11 Å². The molecule has 3 aromatic rings. The first-order chi connectivity index (χ1) is 14.1. The Morgan fingerprint density at radius 3 is 3.03 bits per heavy atom. The molecule has 0 aliphatic carbocycles. The number of hydrogen-bond donors (Lipinski definition) is 2. The molecule has 2 N–H and O–H groups in total. The van der Waals surface area contributed by atoms with Crippen molar-refractivity contribution in [3.05, 3.63) is 23.5 Å². The van der Waals surface area contributed by atoms with Crippen molar-refractivity contribution in [2.24, 2.45) is 0 Å². The van der Waals surface area contributed by atoms with E-state index < -0.39 is 6.10 Å². The van der Waals surface area contributed by atoms with Crippen molar-refractivity contribution in [1.29, 1.82) is 0 Å². The van der Waals surface area contributed by atoms with Crippen molar-refractivity contribution in [1.82, 2.24) is 24.7 Å². The van der Waals surface area contributed by atoms with Crippen LogP contribution in [0.1, 0.15) is 0 Å². The average molecular weight is 422 g/mol. The van der Waals surface area contributed by atoms with Crippen LogP contribution < -0.4 is 4.74 Å². The van der Waals surface area contributed by atoms with Crippen LogP contribution in [-0.4, -0.2) is 81.2 Å². The molecule has 0 aromatic carbocycles. The maximum absolute atomic E-state index is 9.85. The third kappa shape index (κ3) is 3.47. The monoisotopic (exact) mass is 421 g/mol. The molecule has 0 amide bonds. The number of nitrogens with one attached hydrogen (secondary N) is 1. The van der Waals surface area contributed by atoms with Gasteiger partial charge in [0.25, 0.3) is 6.01 Å². The van der Waals surface area contributed by atoms with E-state index in [2.05, 4.69) is 20.1 Å². The Labute approximate surface area is 170 Å². The summed E-state index contributed by atoms with van der Waals surface area (Å²) in [4.78, 5) is 12.1. The summed E-state index contributed by atoms with van der Waals surface area (Å²) in [5.41, 5.74) is 2.52. The van der Waals surface area contributed by atoms with E-state index in [4.69, 9.17) is 30.5 Å². The maximum Gasteiger partial charge on any atom is 0.296 e. The van der Waals surface area contributed by atoms with Gasteiger partial charge in [0.05, 0.1) is 48.8 Å². The SMILES string of the molecule is COCCn1cc(-c2nc3nc(O[C@@H]4CO[C@H]5[C@@H]4OC[C@H]5O)[nH]c3cc2Cl)cn1. The third-order valence-electron chi connectivity index (χ3n) is 5.08. The smallest absolute Gasteiger partial charge is 0.296 e. The number of aliphatic hydroxyl groups excluding tert-OH is 1. The molecule has 10 nitrogen and oxygen atoms in total. The number of halogens is 1. The second-order valence-corrected chi connectivity index (χ2v) is 7.44. The van der Waals surface area contributed by atoms with Gasteiger partial charge in [-0.25, -0.2) is 4.98 Å². The van der Waals surface area contributed by atoms with Crippen LogP contribution in [0.3, 0.4) is 0 Å². The molecule has 154 valence electrons. The Balaban J connectivity index is 1.37. The Hall–Kier alpha value is -2.24. The second-order valence-electron chi connectivity index (χ2n) is 7.04. The minimum atomic E-state index is -0.628. The zero-order chi connectivity index (χ0) is 20.0. The molecular weight excluding hydrogens is 402 g/mol. The summed E-state index contributed by atoms with van der Waals surface area (Å²) >= 11 is 6.44. The van der Waals surface area contributed by atoms with E-state index in [-0.39, 0.29) is 24.9 Å². The first-order valence-corrected chi connectivity index (χ1v) is 9.66. The van der Waals surface area contributed by atoms with Crippen molar-refractivity contribution in [3.63, 3.8) is 0 Å². The van der Waals surface area contributed by atoms with Gasteiger partial charge in [-0.05, 0) is 6.07 Å². The number of pyridine rings is 1. The van der Waals surface area contributed by atoms with Gasteiger partial charge in [-0.1, -0.05) is 11.6 Å². The molecule has 0 radical (unpaired) electrons. The second kappa shape index (κ2) is 7.54. The highest BCUT2D eigenvalue weighted by Gasteiger charge is 2.48. The van der Waals surface area contributed by atoms with Crippen LogP contribution in [0.5, 0.6) is 6.01 Å². The highest BCUT2D eigenvalue weighted by Crippen LogP contribution is 2.32. The van der Waals surface area contributed by atoms with Crippen molar-refractivity contribution < 1.29 is 24.1 Å². The van der Waals surface area contributed by atoms with E-state index in [1.54, 1.807) is 24.1 Å². The Morgan fingerprint density at radius 1 is 1.31 bits per heavy atom. The van der Waals surface area contributed by atoms with Gasteiger partial charge in [0.1, 0.15) is 18.3 Å². The number of H-pyrrole nitrogens is 1. The molecule has 0 unspecified atom stereocenters. The molecule has 2 saturated heterocycles. The van der Waals surface area contributed by atoms with E-state index in [1.807, 2.05) is 6.20 Å². The van der Waals surface area contributed by atoms with Gasteiger partial charge in [-0.2, -0.15) is 10.1 Å². The zero-order valence-electron chi connectivity index (χ0n) is 15.6. The summed E-state index contributed by atoms with van der Waals surface area (Å²) < 4.78 is 23.9. The van der Waals surface area contributed by atoms with Crippen LogP contribution in [0.4, 0.5) is 0 Å². The van der Waals surface area contributed by atoms with Gasteiger partial charge in [0, 0.05) is 18.9 Å². The Bertz CT molecular complexity index is 1020. The molecule has 2 aliphatic rings. The molecule has 2 aliphatic heterocycles. The number of methoxy groups -OCH3 is 1. The van der Waals surface area contributed by atoms with Crippen LogP contribution >= 0.6 is 11.6 Å². The lowest BCUT2D eigenvalue weighted by Crippen LogP contribution is -2.34. The lowest BCUT2D eigenvalue weighted by atomic mass is 10.1. The van der Waals surface area contributed by atoms with Crippen molar-refractivity contribution in [3.8, 4) is 17.3 Å². The summed E-state index contributed by atoms with van der Waals surface area (Å²) in [6.45, 7) is 1.77. The van der Waals surface area contributed by atoms with E-state index in [0.29, 0.717) is 47.6 Å². The lowest BCUT2D eigenvalue weighted by molar-refractivity contribution is 0.00706. The number of fused-ring (bicyclic) bond motifs is 2. The van der Waals surface area contributed by atoms with Gasteiger partial charge in [0.15, 0.2) is 11.8 Å². The molecule has 0 spiro atoms. The minimum Gasteiger partial charge on any atom is -0.456 e. The molecule has 2 fully saturated rings. The number of aromatic nitrogens is 5. The largest absolute Gasteiger partial charge is 0.456 e. The molecule has 29 heavy (non-hydrogen) atoms. The number of hydrogen-bond acceptors (Lipinski definition) is 8. The molecule has 11 heteroatoms. The number of aliphatic hydroxyl groups is 1. The summed E-state index contributed by atoms with van der Waals surface area (Å²) in [7, 11) is 1.65. The zero-order valence-corrected chi connectivity index (χ0v) is 16.4. The number of imidazole rings is 1. The van der Waals surface area contributed by atoms with Crippen molar-refractivity contribution in [2.75, 3.05) is 26.9 Å². The van der Waals surface area contributed by atoms with Crippen LogP contribution in [0, 0.1) is 0 Å². The summed E-state index contributed by atoms with van der Waals surface area (Å²) in [5.74, 6) is 0. The van der Waals surface area contributed by atoms with Crippen molar-refractivity contribution >= 4 is 22.8 Å². The maximum atomic E-state index is 9.85. The number of nitrogens with zero attached hydrogens (tertiary/aromatic N) is 4. The Morgan fingerprint density at radius 2 is 2.17 bits per heavy atom. The Kier molecular flexibility index (Phi) is 4.88. The molecule has 4 atom stereocenters. The van der Waals surface area contributed by atoms with E-state index in [0.717, 1.165) is 5.56 Å². The fourth-order valence-corrected chi connectivity index (χ4v) is 3.90. The quantitative estimate of drug-likeness (QED) is 0.606. The topological polar surface area (TPSA) is 117 Å². The first kappa shape index (κ1) is 18.8. The van der Waals surface area contributed by atoms with Crippen LogP contribution in [0.15, 0.2) is 18.5 Å². The summed E-state index contributed by atoms with van der Waals surface area (Å²) in [5, 5.41) is 14.6. The van der Waals surface area contributed by atoms with Gasteiger partial charge in [-0.15, -0.1) is 0 Å².